The molecule has 172 valence electrons. The number of hydrogen-bond acceptors (Lipinski definition) is 6. The van der Waals surface area contributed by atoms with Crippen LogP contribution in [0.15, 0.2) is 27.6 Å². The number of alkyl halides is 3. The minimum absolute atomic E-state index is 0.147. The first-order chi connectivity index (χ1) is 14.4. The topological polar surface area (TPSA) is 114 Å². The third-order valence-electron chi connectivity index (χ3n) is 4.09. The van der Waals surface area contributed by atoms with E-state index in [-0.39, 0.29) is 18.9 Å². The summed E-state index contributed by atoms with van der Waals surface area (Å²) in [5, 5.41) is 5.84. The fourth-order valence-corrected chi connectivity index (χ4v) is 3.71. The summed E-state index contributed by atoms with van der Waals surface area (Å²) in [6, 6.07) is 2.27. The molecule has 1 aromatic heterocycles. The highest BCUT2D eigenvalue weighted by Gasteiger charge is 2.34. The molecule has 0 bridgehead atoms. The van der Waals surface area contributed by atoms with Gasteiger partial charge in [-0.25, -0.2) is 13.1 Å². The van der Waals surface area contributed by atoms with Crippen molar-refractivity contribution in [3.05, 3.63) is 40.5 Å². The highest BCUT2D eigenvalue weighted by molar-refractivity contribution is 7.89. The number of carbonyl (C=O) groups excluding carboxylic acids is 1. The summed E-state index contributed by atoms with van der Waals surface area (Å²) in [5.41, 5.74) is -1.25. The van der Waals surface area contributed by atoms with Crippen LogP contribution in [0.4, 0.5) is 13.2 Å². The van der Waals surface area contributed by atoms with Crippen LogP contribution in [-0.2, 0) is 27.4 Å². The van der Waals surface area contributed by atoms with Gasteiger partial charge in [-0.15, -0.1) is 0 Å². The molecule has 1 amide bonds. The van der Waals surface area contributed by atoms with Gasteiger partial charge in [-0.1, -0.05) is 30.6 Å². The highest BCUT2D eigenvalue weighted by Crippen LogP contribution is 2.35. The van der Waals surface area contributed by atoms with E-state index < -0.39 is 37.6 Å². The van der Waals surface area contributed by atoms with Crippen molar-refractivity contribution in [2.24, 2.45) is 0 Å². The Balaban J connectivity index is 1.77. The first-order valence-electron chi connectivity index (χ1n) is 9.35. The number of nitrogens with one attached hydrogen (secondary N) is 2. The number of carbonyl (C=O) groups is 1. The number of hydrogen-bond donors (Lipinski definition) is 2. The molecule has 0 spiro atoms. The maximum atomic E-state index is 12.9. The van der Waals surface area contributed by atoms with E-state index in [2.05, 4.69) is 20.2 Å². The number of aryl methyl sites for hydroxylation is 1. The van der Waals surface area contributed by atoms with Gasteiger partial charge in [-0.2, -0.15) is 18.2 Å². The number of amides is 1. The van der Waals surface area contributed by atoms with Crippen molar-refractivity contribution in [2.45, 2.75) is 50.1 Å². The SMILES string of the molecule is CC(C)c1noc(CCCNC(=O)CCNS(=O)(=O)c2ccc(Cl)c(C(F)(F)F)c2)n1. The van der Waals surface area contributed by atoms with Crippen LogP contribution in [0.5, 0.6) is 0 Å². The fourth-order valence-electron chi connectivity index (χ4n) is 2.43. The number of benzene rings is 1. The average Bonchev–Trinajstić information content (AvgIpc) is 3.13. The summed E-state index contributed by atoms with van der Waals surface area (Å²) in [7, 11) is -4.24. The summed E-state index contributed by atoms with van der Waals surface area (Å²) in [4.78, 5) is 15.5. The van der Waals surface area contributed by atoms with Crippen LogP contribution in [0.25, 0.3) is 0 Å². The van der Waals surface area contributed by atoms with Gasteiger partial charge in [0.05, 0.1) is 15.5 Å². The van der Waals surface area contributed by atoms with E-state index in [4.69, 9.17) is 16.1 Å². The van der Waals surface area contributed by atoms with Gasteiger partial charge in [0.25, 0.3) is 0 Å². The Morgan fingerprint density at radius 2 is 1.97 bits per heavy atom. The molecule has 2 aromatic rings. The molecule has 2 rings (SSSR count). The second-order valence-corrected chi connectivity index (χ2v) is 9.12. The molecule has 0 unspecified atom stereocenters. The Morgan fingerprint density at radius 3 is 2.58 bits per heavy atom. The van der Waals surface area contributed by atoms with Crippen molar-refractivity contribution in [2.75, 3.05) is 13.1 Å². The maximum Gasteiger partial charge on any atom is 0.417 e. The Hall–Kier alpha value is -2.18. The molecule has 13 heteroatoms. The maximum absolute atomic E-state index is 12.9. The molecule has 0 radical (unpaired) electrons. The zero-order chi connectivity index (χ0) is 23.2. The lowest BCUT2D eigenvalue weighted by Gasteiger charge is -2.12. The lowest BCUT2D eigenvalue weighted by molar-refractivity contribution is -0.137. The monoisotopic (exact) mass is 482 g/mol. The van der Waals surface area contributed by atoms with Gasteiger partial charge >= 0.3 is 6.18 Å². The molecule has 0 aliphatic rings. The van der Waals surface area contributed by atoms with Crippen LogP contribution in [-0.4, -0.2) is 37.6 Å². The average molecular weight is 483 g/mol. The van der Waals surface area contributed by atoms with Crippen molar-refractivity contribution in [3.8, 4) is 0 Å². The van der Waals surface area contributed by atoms with Crippen LogP contribution >= 0.6 is 11.6 Å². The number of aromatic nitrogens is 2. The summed E-state index contributed by atoms with van der Waals surface area (Å²) in [6.45, 7) is 3.91. The summed E-state index contributed by atoms with van der Waals surface area (Å²) in [5.74, 6) is 0.804. The van der Waals surface area contributed by atoms with Gasteiger partial charge in [-0.05, 0) is 24.6 Å². The van der Waals surface area contributed by atoms with Crippen LogP contribution in [0.3, 0.4) is 0 Å². The summed E-state index contributed by atoms with van der Waals surface area (Å²) >= 11 is 5.49. The first-order valence-corrected chi connectivity index (χ1v) is 11.2. The van der Waals surface area contributed by atoms with E-state index in [0.717, 1.165) is 12.1 Å². The van der Waals surface area contributed by atoms with E-state index in [1.165, 1.54) is 0 Å². The van der Waals surface area contributed by atoms with Crippen LogP contribution < -0.4 is 10.0 Å². The molecular weight excluding hydrogens is 461 g/mol. The predicted molar refractivity (Wildman–Crippen MR) is 106 cm³/mol. The molecule has 0 fully saturated rings. The second-order valence-electron chi connectivity index (χ2n) is 6.94. The van der Waals surface area contributed by atoms with Crippen molar-refractivity contribution in [1.82, 2.24) is 20.2 Å². The number of nitrogens with zero attached hydrogens (tertiary/aromatic N) is 2. The zero-order valence-corrected chi connectivity index (χ0v) is 18.4. The van der Waals surface area contributed by atoms with E-state index in [1.54, 1.807) is 0 Å². The molecule has 31 heavy (non-hydrogen) atoms. The predicted octanol–water partition coefficient (Wildman–Crippen LogP) is 3.28. The summed E-state index contributed by atoms with van der Waals surface area (Å²) in [6.07, 6.45) is -3.95. The molecule has 2 N–H and O–H groups in total. The molecule has 0 saturated carbocycles. The standard InChI is InChI=1S/C18H22ClF3N4O4S/c1-11(2)17-25-16(30-26-17)4-3-8-23-15(27)7-9-24-31(28,29)12-5-6-14(19)13(10-12)18(20,21)22/h5-6,10-11,24H,3-4,7-9H2,1-2H3,(H,23,27). The Bertz CT molecular complexity index is 1010. The van der Waals surface area contributed by atoms with E-state index >= 15 is 0 Å². The first kappa shape index (κ1) is 25.1. The lowest BCUT2D eigenvalue weighted by atomic mass is 10.2. The van der Waals surface area contributed by atoms with Gasteiger partial charge in [0, 0.05) is 31.8 Å². The van der Waals surface area contributed by atoms with Gasteiger partial charge in [0.1, 0.15) is 0 Å². The Morgan fingerprint density at radius 1 is 1.26 bits per heavy atom. The highest BCUT2D eigenvalue weighted by atomic mass is 35.5. The van der Waals surface area contributed by atoms with Crippen LogP contribution in [0.2, 0.25) is 5.02 Å². The number of sulfonamides is 1. The molecule has 0 aliphatic carbocycles. The van der Waals surface area contributed by atoms with Crippen LogP contribution in [0, 0.1) is 0 Å². The minimum Gasteiger partial charge on any atom is -0.356 e. The van der Waals surface area contributed by atoms with Crippen molar-refractivity contribution in [3.63, 3.8) is 0 Å². The quantitative estimate of drug-likeness (QED) is 0.502. The van der Waals surface area contributed by atoms with Crippen molar-refractivity contribution in [1.29, 1.82) is 0 Å². The Kier molecular flexibility index (Phi) is 8.43. The van der Waals surface area contributed by atoms with Crippen molar-refractivity contribution >= 4 is 27.5 Å². The zero-order valence-electron chi connectivity index (χ0n) is 16.8. The summed E-state index contributed by atoms with van der Waals surface area (Å²) < 4.78 is 70.3. The second kappa shape index (κ2) is 10.4. The number of rotatable bonds is 10. The van der Waals surface area contributed by atoms with Gasteiger partial charge in [0.2, 0.25) is 21.8 Å². The number of halogens is 4. The molecule has 1 heterocycles. The Labute approximate surface area is 182 Å². The largest absolute Gasteiger partial charge is 0.417 e. The third-order valence-corrected chi connectivity index (χ3v) is 5.88. The van der Waals surface area contributed by atoms with Crippen LogP contribution in [0.1, 0.15) is 49.9 Å². The normalized spacial score (nSPS) is 12.4. The minimum atomic E-state index is -4.79. The molecule has 1 aromatic carbocycles. The van der Waals surface area contributed by atoms with E-state index in [9.17, 15) is 26.4 Å². The van der Waals surface area contributed by atoms with E-state index in [0.29, 0.717) is 37.2 Å². The van der Waals surface area contributed by atoms with Gasteiger partial charge in [0.15, 0.2) is 5.82 Å². The molecule has 0 atom stereocenters. The molecule has 8 nitrogen and oxygen atoms in total. The van der Waals surface area contributed by atoms with E-state index in [1.807, 2.05) is 13.8 Å². The molecule has 0 saturated heterocycles. The lowest BCUT2D eigenvalue weighted by Crippen LogP contribution is -2.31. The fraction of sp³-hybridized carbons (Fsp3) is 0.500. The molecule has 0 aliphatic heterocycles. The van der Waals surface area contributed by atoms with Gasteiger partial charge in [-0.3, -0.25) is 4.79 Å². The molecular formula is C18H22ClF3N4O4S. The smallest absolute Gasteiger partial charge is 0.356 e. The van der Waals surface area contributed by atoms with Gasteiger partial charge < -0.3 is 9.84 Å². The third kappa shape index (κ3) is 7.47. The van der Waals surface area contributed by atoms with Crippen molar-refractivity contribution < 1.29 is 30.9 Å².